The monoisotopic (exact) mass is 233 g/mol. The highest BCUT2D eigenvalue weighted by atomic mass is 15.2. The third-order valence-electron chi connectivity index (χ3n) is 1.84. The van der Waals surface area contributed by atoms with E-state index in [0.717, 1.165) is 11.7 Å². The Kier molecular flexibility index (Phi) is 8.10. The summed E-state index contributed by atoms with van der Waals surface area (Å²) in [4.78, 5) is 17.6. The molecule has 5 heteroatoms. The average Bonchev–Trinajstić information content (AvgIpc) is 2.35. The molecule has 0 unspecified atom stereocenters. The molecule has 0 fully saturated rings. The molecule has 0 aliphatic carbocycles. The maximum Gasteiger partial charge on any atom is 0.135 e. The minimum absolute atomic E-state index is 0.735. The number of aliphatic imine (C=N–C) groups is 4. The van der Waals surface area contributed by atoms with Crippen LogP contribution in [0.2, 0.25) is 0 Å². The average molecular weight is 233 g/mol. The number of nitrogens with zero attached hydrogens (tertiary/aromatic N) is 5. The normalized spacial score (nSPS) is 14.1. The van der Waals surface area contributed by atoms with Gasteiger partial charge >= 0.3 is 0 Å². The van der Waals surface area contributed by atoms with Crippen molar-refractivity contribution in [3.63, 3.8) is 0 Å². The van der Waals surface area contributed by atoms with Crippen LogP contribution in [0.4, 0.5) is 0 Å². The molecule has 5 nitrogen and oxygen atoms in total. The summed E-state index contributed by atoms with van der Waals surface area (Å²) in [5.41, 5.74) is 0. The standard InChI is InChI=1S/C12H19N5/c1-6-8-12(16-10-14-4)17(5)11(7-2)15-9-13-3/h6-10H,3H2,1-2,4-5H3/b8-6-,11-7+,14-10-,15-9-,16-12+. The van der Waals surface area contributed by atoms with Crippen molar-refractivity contribution in [1.82, 2.24) is 4.90 Å². The lowest BCUT2D eigenvalue weighted by atomic mass is 10.4. The Labute approximate surface area is 103 Å². The molecule has 0 aliphatic heterocycles. The van der Waals surface area contributed by atoms with E-state index in [-0.39, 0.29) is 0 Å². The van der Waals surface area contributed by atoms with E-state index in [1.807, 2.05) is 44.0 Å². The highest BCUT2D eigenvalue weighted by Crippen LogP contribution is 2.05. The fourth-order valence-corrected chi connectivity index (χ4v) is 1.08. The van der Waals surface area contributed by atoms with Gasteiger partial charge < -0.3 is 4.90 Å². The second kappa shape index (κ2) is 9.21. The molecule has 17 heavy (non-hydrogen) atoms. The third kappa shape index (κ3) is 5.55. The van der Waals surface area contributed by atoms with Crippen LogP contribution in [0.3, 0.4) is 0 Å². The molecule has 0 N–H and O–H groups in total. The first-order valence-corrected chi connectivity index (χ1v) is 5.20. The molecule has 0 spiro atoms. The highest BCUT2D eigenvalue weighted by molar-refractivity contribution is 5.98. The van der Waals surface area contributed by atoms with Crippen molar-refractivity contribution in [2.24, 2.45) is 20.0 Å². The third-order valence-corrected chi connectivity index (χ3v) is 1.84. The van der Waals surface area contributed by atoms with Gasteiger partial charge in [0, 0.05) is 14.1 Å². The summed E-state index contributed by atoms with van der Waals surface area (Å²) in [6.45, 7) is 7.17. The van der Waals surface area contributed by atoms with Crippen molar-refractivity contribution in [2.75, 3.05) is 14.1 Å². The van der Waals surface area contributed by atoms with Crippen molar-refractivity contribution in [3.8, 4) is 0 Å². The fraction of sp³-hybridized carbons (Fsp3) is 0.333. The van der Waals surface area contributed by atoms with Gasteiger partial charge in [0.25, 0.3) is 0 Å². The van der Waals surface area contributed by atoms with Gasteiger partial charge in [0.2, 0.25) is 0 Å². The molecule has 0 heterocycles. The summed E-state index contributed by atoms with van der Waals surface area (Å²) >= 11 is 0. The lowest BCUT2D eigenvalue weighted by Gasteiger charge is -2.18. The number of amidine groups is 1. The van der Waals surface area contributed by atoms with E-state index in [1.54, 1.807) is 7.05 Å². The van der Waals surface area contributed by atoms with Crippen molar-refractivity contribution < 1.29 is 0 Å². The Bertz CT molecular complexity index is 374. The van der Waals surface area contributed by atoms with Crippen molar-refractivity contribution in [2.45, 2.75) is 13.8 Å². The van der Waals surface area contributed by atoms with Crippen LogP contribution in [-0.4, -0.2) is 44.2 Å². The molecular weight excluding hydrogens is 214 g/mol. The van der Waals surface area contributed by atoms with Gasteiger partial charge in [-0.05, 0) is 32.7 Å². The number of hydrogen-bond acceptors (Lipinski definition) is 2. The highest BCUT2D eigenvalue weighted by Gasteiger charge is 2.06. The van der Waals surface area contributed by atoms with Gasteiger partial charge in [-0.2, -0.15) is 0 Å². The second-order valence-electron chi connectivity index (χ2n) is 2.99. The van der Waals surface area contributed by atoms with Crippen LogP contribution in [-0.2, 0) is 0 Å². The summed E-state index contributed by atoms with van der Waals surface area (Å²) < 4.78 is 0. The summed E-state index contributed by atoms with van der Waals surface area (Å²) in [6.07, 6.45) is 8.54. The molecule has 0 amide bonds. The lowest BCUT2D eigenvalue weighted by molar-refractivity contribution is 0.621. The first kappa shape index (κ1) is 15.0. The van der Waals surface area contributed by atoms with Gasteiger partial charge in [0.1, 0.15) is 24.3 Å². The van der Waals surface area contributed by atoms with Crippen LogP contribution in [0.25, 0.3) is 0 Å². The maximum absolute atomic E-state index is 4.21. The molecule has 0 atom stereocenters. The second-order valence-corrected chi connectivity index (χ2v) is 2.99. The topological polar surface area (TPSA) is 52.7 Å². The molecule has 0 aromatic heterocycles. The van der Waals surface area contributed by atoms with Crippen molar-refractivity contribution in [1.29, 1.82) is 0 Å². The van der Waals surface area contributed by atoms with Gasteiger partial charge in [0.15, 0.2) is 0 Å². The predicted octanol–water partition coefficient (Wildman–Crippen LogP) is 2.14. The first-order valence-electron chi connectivity index (χ1n) is 5.20. The van der Waals surface area contributed by atoms with Crippen molar-refractivity contribution in [3.05, 3.63) is 24.0 Å². The minimum Gasteiger partial charge on any atom is -0.314 e. The van der Waals surface area contributed by atoms with E-state index < -0.39 is 0 Å². The quantitative estimate of drug-likeness (QED) is 0.530. The van der Waals surface area contributed by atoms with E-state index in [0.29, 0.717) is 0 Å². The number of hydrogen-bond donors (Lipinski definition) is 0. The van der Waals surface area contributed by atoms with E-state index in [9.17, 15) is 0 Å². The van der Waals surface area contributed by atoms with Gasteiger partial charge in [-0.1, -0.05) is 6.08 Å². The van der Waals surface area contributed by atoms with Crippen LogP contribution in [0.1, 0.15) is 13.8 Å². The minimum atomic E-state index is 0.735. The summed E-state index contributed by atoms with van der Waals surface area (Å²) in [6, 6.07) is 0. The Hall–Kier alpha value is -2.04. The molecule has 0 saturated heterocycles. The Balaban J connectivity index is 5.12. The van der Waals surface area contributed by atoms with Crippen LogP contribution < -0.4 is 0 Å². The molecular formula is C12H19N5. The number of rotatable bonds is 5. The summed E-state index contributed by atoms with van der Waals surface area (Å²) in [5.74, 6) is 1.48. The van der Waals surface area contributed by atoms with E-state index in [2.05, 4.69) is 26.7 Å². The Morgan fingerprint density at radius 3 is 2.41 bits per heavy atom. The van der Waals surface area contributed by atoms with Gasteiger partial charge in [0.05, 0.1) is 0 Å². The van der Waals surface area contributed by atoms with Gasteiger partial charge in [-0.15, -0.1) is 0 Å². The molecule has 0 saturated carbocycles. The molecule has 0 aliphatic rings. The van der Waals surface area contributed by atoms with Crippen LogP contribution in [0.15, 0.2) is 44.0 Å². The molecule has 0 aromatic carbocycles. The van der Waals surface area contributed by atoms with Crippen LogP contribution >= 0.6 is 0 Å². The number of allylic oxidation sites excluding steroid dienone is 2. The van der Waals surface area contributed by atoms with Crippen LogP contribution in [0, 0.1) is 0 Å². The molecule has 0 bridgehead atoms. The smallest absolute Gasteiger partial charge is 0.135 e. The maximum atomic E-state index is 4.21. The molecule has 92 valence electrons. The van der Waals surface area contributed by atoms with E-state index in [4.69, 9.17) is 0 Å². The summed E-state index contributed by atoms with van der Waals surface area (Å²) in [5, 5.41) is 0. The largest absolute Gasteiger partial charge is 0.314 e. The molecule has 0 rings (SSSR count). The zero-order valence-electron chi connectivity index (χ0n) is 10.8. The van der Waals surface area contributed by atoms with Crippen molar-refractivity contribution >= 4 is 25.2 Å². The molecule has 0 radical (unpaired) electrons. The lowest BCUT2D eigenvalue weighted by Crippen LogP contribution is -2.23. The van der Waals surface area contributed by atoms with E-state index >= 15 is 0 Å². The molecule has 0 aromatic rings. The zero-order valence-corrected chi connectivity index (χ0v) is 10.8. The van der Waals surface area contributed by atoms with Crippen LogP contribution in [0.5, 0.6) is 0 Å². The van der Waals surface area contributed by atoms with Gasteiger partial charge in [-0.3, -0.25) is 9.98 Å². The Morgan fingerprint density at radius 2 is 1.94 bits per heavy atom. The number of likely N-dealkylation sites (N-methyl/N-ethyl adjacent to an activating group) is 1. The SMILES string of the molecule is C=N/C=N\C(=C/C)N(C)C(/C=C\C)=N/C=N\C. The summed E-state index contributed by atoms with van der Waals surface area (Å²) in [7, 11) is 3.55. The van der Waals surface area contributed by atoms with Gasteiger partial charge in [-0.25, -0.2) is 9.98 Å². The van der Waals surface area contributed by atoms with E-state index in [1.165, 1.54) is 12.7 Å². The fourth-order valence-electron chi connectivity index (χ4n) is 1.08. The predicted molar refractivity (Wildman–Crippen MR) is 76.2 cm³/mol. The Morgan fingerprint density at radius 1 is 1.24 bits per heavy atom. The first-order chi connectivity index (χ1) is 8.21. The zero-order chi connectivity index (χ0) is 13.1.